The maximum absolute atomic E-state index is 12.7. The first-order valence-electron chi connectivity index (χ1n) is 8.90. The van der Waals surface area contributed by atoms with Crippen LogP contribution in [0.3, 0.4) is 0 Å². The predicted molar refractivity (Wildman–Crippen MR) is 115 cm³/mol. The Hall–Kier alpha value is -1.76. The summed E-state index contributed by atoms with van der Waals surface area (Å²) in [4.78, 5) is 12.8. The van der Waals surface area contributed by atoms with Gasteiger partial charge in [0.05, 0.1) is 15.5 Å². The molecule has 2 rings (SSSR count). The molecule has 0 aliphatic carbocycles. The van der Waals surface area contributed by atoms with Gasteiger partial charge in [0.25, 0.3) is 15.9 Å². The lowest BCUT2D eigenvalue weighted by atomic mass is 9.93. The van der Waals surface area contributed by atoms with Crippen molar-refractivity contribution in [3.05, 3.63) is 58.1 Å². The molecule has 8 heteroatoms. The van der Waals surface area contributed by atoms with E-state index < -0.39 is 10.0 Å². The zero-order valence-corrected chi connectivity index (χ0v) is 18.5. The van der Waals surface area contributed by atoms with E-state index in [1.165, 1.54) is 42.5 Å². The molecule has 0 atom stereocenters. The highest BCUT2D eigenvalue weighted by Gasteiger charge is 2.22. The smallest absolute Gasteiger partial charge is 0.261 e. The summed E-state index contributed by atoms with van der Waals surface area (Å²) in [6.45, 7) is 8.12. The van der Waals surface area contributed by atoms with E-state index in [2.05, 4.69) is 10.0 Å². The number of hydrogen-bond donors (Lipinski definition) is 2. The van der Waals surface area contributed by atoms with E-state index in [1.807, 2.05) is 27.7 Å². The molecule has 0 bridgehead atoms. The Balaban J connectivity index is 2.27. The highest BCUT2D eigenvalue weighted by atomic mass is 35.5. The van der Waals surface area contributed by atoms with Gasteiger partial charge < -0.3 is 5.32 Å². The van der Waals surface area contributed by atoms with Crippen molar-refractivity contribution in [1.29, 1.82) is 0 Å². The van der Waals surface area contributed by atoms with Crippen LogP contribution in [-0.2, 0) is 10.0 Å². The monoisotopic (exact) mass is 442 g/mol. The highest BCUT2D eigenvalue weighted by molar-refractivity contribution is 7.92. The van der Waals surface area contributed by atoms with Crippen molar-refractivity contribution in [2.75, 3.05) is 4.72 Å². The molecule has 0 radical (unpaired) electrons. The van der Waals surface area contributed by atoms with Gasteiger partial charge in [-0.3, -0.25) is 9.52 Å². The zero-order chi connectivity index (χ0) is 21.1. The van der Waals surface area contributed by atoms with Crippen molar-refractivity contribution >= 4 is 44.8 Å². The molecule has 28 heavy (non-hydrogen) atoms. The molecule has 0 aliphatic rings. The van der Waals surface area contributed by atoms with Gasteiger partial charge in [0.15, 0.2) is 0 Å². The summed E-state index contributed by atoms with van der Waals surface area (Å²) in [7, 11) is -3.82. The number of carbonyl (C=O) groups excluding carboxylic acids is 1. The summed E-state index contributed by atoms with van der Waals surface area (Å²) in [5.41, 5.74) is 0.458. The molecule has 0 aliphatic heterocycles. The fourth-order valence-corrected chi connectivity index (χ4v) is 4.30. The zero-order valence-electron chi connectivity index (χ0n) is 16.2. The molecular weight excluding hydrogens is 419 g/mol. The third-order valence-electron chi connectivity index (χ3n) is 4.32. The number of nitrogens with one attached hydrogen (secondary N) is 2. The third-order valence-corrected chi connectivity index (χ3v) is 6.30. The van der Waals surface area contributed by atoms with Crippen LogP contribution < -0.4 is 10.0 Å². The van der Waals surface area contributed by atoms with Gasteiger partial charge in [-0.15, -0.1) is 0 Å². The first-order chi connectivity index (χ1) is 13.0. The van der Waals surface area contributed by atoms with E-state index in [0.717, 1.165) is 0 Å². The number of anilines is 1. The van der Waals surface area contributed by atoms with E-state index in [0.29, 0.717) is 5.02 Å². The summed E-state index contributed by atoms with van der Waals surface area (Å²) in [6, 6.07) is 10.2. The summed E-state index contributed by atoms with van der Waals surface area (Å²) >= 11 is 12.0. The summed E-state index contributed by atoms with van der Waals surface area (Å²) in [5.74, 6) is 0.147. The van der Waals surface area contributed by atoms with Gasteiger partial charge in [-0.2, -0.15) is 0 Å². The van der Waals surface area contributed by atoms with Gasteiger partial charge in [-0.05, 0) is 54.3 Å². The SMILES string of the molecule is CC(C)C(NC(=O)c1cc(NS(=O)(=O)c2ccc(Cl)cc2)ccc1Cl)C(C)C. The van der Waals surface area contributed by atoms with Crippen LogP contribution in [0.1, 0.15) is 38.1 Å². The van der Waals surface area contributed by atoms with Crippen molar-refractivity contribution in [3.8, 4) is 0 Å². The quantitative estimate of drug-likeness (QED) is 0.617. The standard InChI is InChI=1S/C20H24Cl2N2O3S/c1-12(2)19(13(3)4)23-20(25)17-11-15(7-10-18(17)22)24-28(26,27)16-8-5-14(21)6-9-16/h5-13,19,24H,1-4H3,(H,23,25). The second kappa shape index (κ2) is 9.16. The van der Waals surface area contributed by atoms with E-state index in [-0.39, 0.29) is 45.0 Å². The normalized spacial score (nSPS) is 11.9. The number of carbonyl (C=O) groups is 1. The molecule has 152 valence electrons. The summed E-state index contributed by atoms with van der Waals surface area (Å²) < 4.78 is 27.6. The van der Waals surface area contributed by atoms with Gasteiger partial charge in [-0.1, -0.05) is 50.9 Å². The number of halogens is 2. The first-order valence-corrected chi connectivity index (χ1v) is 11.1. The molecule has 2 aromatic rings. The second-order valence-electron chi connectivity index (χ2n) is 7.24. The summed E-state index contributed by atoms with van der Waals surface area (Å²) in [6.07, 6.45) is 0. The Labute approximate surface area is 176 Å². The van der Waals surface area contributed by atoms with Crippen LogP contribution in [0.2, 0.25) is 10.0 Å². The lowest BCUT2D eigenvalue weighted by Crippen LogP contribution is -2.42. The van der Waals surface area contributed by atoms with Crippen LogP contribution in [0, 0.1) is 11.8 Å². The molecule has 0 saturated carbocycles. The van der Waals surface area contributed by atoms with Gasteiger partial charge in [-0.25, -0.2) is 8.42 Å². The number of hydrogen-bond acceptors (Lipinski definition) is 3. The molecule has 0 fully saturated rings. The van der Waals surface area contributed by atoms with E-state index in [4.69, 9.17) is 23.2 Å². The molecule has 0 saturated heterocycles. The average Bonchev–Trinajstić information content (AvgIpc) is 2.60. The number of sulfonamides is 1. The molecule has 0 unspecified atom stereocenters. The molecule has 2 aromatic carbocycles. The van der Waals surface area contributed by atoms with Gasteiger partial charge in [0, 0.05) is 16.8 Å². The minimum Gasteiger partial charge on any atom is -0.349 e. The fraction of sp³-hybridized carbons (Fsp3) is 0.350. The molecule has 5 nitrogen and oxygen atoms in total. The van der Waals surface area contributed by atoms with Crippen LogP contribution in [0.15, 0.2) is 47.4 Å². The van der Waals surface area contributed by atoms with Crippen LogP contribution in [0.25, 0.3) is 0 Å². The molecule has 0 spiro atoms. The van der Waals surface area contributed by atoms with Crippen molar-refractivity contribution in [2.45, 2.75) is 38.6 Å². The largest absolute Gasteiger partial charge is 0.349 e. The molecule has 0 aromatic heterocycles. The number of amides is 1. The van der Waals surface area contributed by atoms with Crippen molar-refractivity contribution in [2.24, 2.45) is 11.8 Å². The Morgan fingerprint density at radius 3 is 2.04 bits per heavy atom. The van der Waals surface area contributed by atoms with Gasteiger partial charge >= 0.3 is 0 Å². The number of benzene rings is 2. The fourth-order valence-electron chi connectivity index (χ4n) is 2.92. The minimum absolute atomic E-state index is 0.0296. The highest BCUT2D eigenvalue weighted by Crippen LogP contribution is 2.24. The Kier molecular flexibility index (Phi) is 7.37. The van der Waals surface area contributed by atoms with Crippen molar-refractivity contribution < 1.29 is 13.2 Å². The third kappa shape index (κ3) is 5.63. The van der Waals surface area contributed by atoms with E-state index in [1.54, 1.807) is 0 Å². The van der Waals surface area contributed by atoms with Crippen LogP contribution in [0.4, 0.5) is 5.69 Å². The maximum atomic E-state index is 12.7. The number of rotatable bonds is 7. The predicted octanol–water partition coefficient (Wildman–Crippen LogP) is 5.20. The van der Waals surface area contributed by atoms with Crippen LogP contribution in [0.5, 0.6) is 0 Å². The van der Waals surface area contributed by atoms with Crippen molar-refractivity contribution in [1.82, 2.24) is 5.32 Å². The van der Waals surface area contributed by atoms with Crippen LogP contribution >= 0.6 is 23.2 Å². The lowest BCUT2D eigenvalue weighted by Gasteiger charge is -2.26. The average molecular weight is 443 g/mol. The minimum atomic E-state index is -3.82. The maximum Gasteiger partial charge on any atom is 0.261 e. The molecule has 2 N–H and O–H groups in total. The Morgan fingerprint density at radius 2 is 1.50 bits per heavy atom. The molecule has 1 amide bonds. The lowest BCUT2D eigenvalue weighted by molar-refractivity contribution is 0.0910. The second-order valence-corrected chi connectivity index (χ2v) is 9.77. The van der Waals surface area contributed by atoms with E-state index in [9.17, 15) is 13.2 Å². The van der Waals surface area contributed by atoms with Gasteiger partial charge in [0.2, 0.25) is 0 Å². The Morgan fingerprint density at radius 1 is 0.929 bits per heavy atom. The Bertz CT molecular complexity index is 934. The van der Waals surface area contributed by atoms with E-state index >= 15 is 0 Å². The van der Waals surface area contributed by atoms with Crippen molar-refractivity contribution in [3.63, 3.8) is 0 Å². The van der Waals surface area contributed by atoms with Gasteiger partial charge in [0.1, 0.15) is 0 Å². The molecular formula is C20H24Cl2N2O3S. The first kappa shape index (κ1) is 22.5. The van der Waals surface area contributed by atoms with Crippen LogP contribution in [-0.4, -0.2) is 20.4 Å². The topological polar surface area (TPSA) is 75.3 Å². The molecule has 0 heterocycles. The summed E-state index contributed by atoms with van der Waals surface area (Å²) in [5, 5.41) is 3.67.